The van der Waals surface area contributed by atoms with Crippen molar-refractivity contribution < 1.29 is 14.4 Å². The summed E-state index contributed by atoms with van der Waals surface area (Å²) in [6.45, 7) is 2.74. The van der Waals surface area contributed by atoms with Crippen LogP contribution in [0.1, 0.15) is 30.9 Å². The summed E-state index contributed by atoms with van der Waals surface area (Å²) < 4.78 is 0. The van der Waals surface area contributed by atoms with Crippen molar-refractivity contribution in [2.45, 2.75) is 37.8 Å². The van der Waals surface area contributed by atoms with Crippen molar-refractivity contribution >= 4 is 52.3 Å². The maximum atomic E-state index is 13.9. The van der Waals surface area contributed by atoms with Gasteiger partial charge in [-0.25, -0.2) is 4.90 Å². The van der Waals surface area contributed by atoms with Crippen molar-refractivity contribution in [3.63, 3.8) is 0 Å². The van der Waals surface area contributed by atoms with Crippen molar-refractivity contribution in [1.29, 1.82) is 0 Å². The summed E-state index contributed by atoms with van der Waals surface area (Å²) in [5, 5.41) is 3.70. The SMILES string of the molecule is CCc1ccc2c(c1)[C@]1(C(=O)N2)[C@@H]2C(=O)N(c3cc(Cl)cc(Cl)c3)C(=O)[C@H]2[C@H]2CCCN21. The van der Waals surface area contributed by atoms with Crippen molar-refractivity contribution in [2.75, 3.05) is 16.8 Å². The van der Waals surface area contributed by atoms with Gasteiger partial charge in [0.25, 0.3) is 0 Å². The van der Waals surface area contributed by atoms with Crippen molar-refractivity contribution in [2.24, 2.45) is 11.8 Å². The molecule has 4 heterocycles. The minimum atomic E-state index is -1.17. The van der Waals surface area contributed by atoms with Crippen LogP contribution in [-0.2, 0) is 26.3 Å². The molecule has 3 amide bonds. The van der Waals surface area contributed by atoms with Gasteiger partial charge in [0.2, 0.25) is 17.7 Å². The van der Waals surface area contributed by atoms with Crippen LogP contribution < -0.4 is 10.2 Å². The lowest BCUT2D eigenvalue weighted by atomic mass is 9.75. The Balaban J connectivity index is 1.56. The molecule has 3 saturated heterocycles. The summed E-state index contributed by atoms with van der Waals surface area (Å²) in [5.74, 6) is -2.22. The average molecular weight is 470 g/mol. The molecule has 164 valence electrons. The van der Waals surface area contributed by atoms with E-state index in [-0.39, 0.29) is 23.8 Å². The third-order valence-electron chi connectivity index (χ3n) is 7.57. The van der Waals surface area contributed by atoms with Crippen LogP contribution >= 0.6 is 23.2 Å². The van der Waals surface area contributed by atoms with Gasteiger partial charge in [-0.05, 0) is 55.6 Å². The van der Waals surface area contributed by atoms with Gasteiger partial charge >= 0.3 is 0 Å². The predicted octanol–water partition coefficient (Wildman–Crippen LogP) is 3.99. The highest BCUT2D eigenvalue weighted by Gasteiger charge is 2.74. The molecule has 6 rings (SSSR count). The van der Waals surface area contributed by atoms with E-state index in [1.54, 1.807) is 18.2 Å². The van der Waals surface area contributed by atoms with Gasteiger partial charge in [-0.2, -0.15) is 0 Å². The highest BCUT2D eigenvalue weighted by molar-refractivity contribution is 6.36. The Bertz CT molecular complexity index is 1190. The third-order valence-corrected chi connectivity index (χ3v) is 8.01. The molecular weight excluding hydrogens is 449 g/mol. The smallest absolute Gasteiger partial charge is 0.250 e. The van der Waals surface area contributed by atoms with Gasteiger partial charge < -0.3 is 5.32 Å². The maximum Gasteiger partial charge on any atom is 0.250 e. The van der Waals surface area contributed by atoms with E-state index in [0.717, 1.165) is 36.1 Å². The number of carbonyl (C=O) groups excluding carboxylic acids is 3. The molecule has 0 aromatic heterocycles. The number of amides is 3. The van der Waals surface area contributed by atoms with Gasteiger partial charge in [0.15, 0.2) is 0 Å². The van der Waals surface area contributed by atoms with Gasteiger partial charge in [-0.1, -0.05) is 42.3 Å². The van der Waals surface area contributed by atoms with E-state index in [1.807, 2.05) is 18.2 Å². The standard InChI is InChI=1S/C24H21Cl2N3O3/c1-2-12-5-6-17-16(8-12)24(23(32)27-17)20-19(18-4-3-7-28(18)24)21(30)29(22(20)31)15-10-13(25)9-14(26)11-15/h5-6,8-11,18-20H,2-4,7H2,1H3,(H,27,32)/t18-,19+,20+,24-/m1/s1. The fourth-order valence-corrected chi connectivity index (χ4v) is 6.91. The summed E-state index contributed by atoms with van der Waals surface area (Å²) in [4.78, 5) is 44.6. The number of nitrogens with zero attached hydrogens (tertiary/aromatic N) is 2. The van der Waals surface area contributed by atoms with Crippen LogP contribution in [0, 0.1) is 11.8 Å². The molecule has 2 aromatic rings. The Labute approximate surface area is 195 Å². The molecule has 0 radical (unpaired) electrons. The molecule has 2 aromatic carbocycles. The molecule has 0 unspecified atom stereocenters. The summed E-state index contributed by atoms with van der Waals surface area (Å²) in [6, 6.07) is 10.5. The molecule has 3 fully saturated rings. The lowest BCUT2D eigenvalue weighted by molar-refractivity contribution is -0.135. The summed E-state index contributed by atoms with van der Waals surface area (Å²) >= 11 is 12.3. The lowest BCUT2D eigenvalue weighted by Crippen LogP contribution is -2.54. The minimum Gasteiger partial charge on any atom is -0.324 e. The Kier molecular flexibility index (Phi) is 4.29. The lowest BCUT2D eigenvalue weighted by Gasteiger charge is -2.36. The van der Waals surface area contributed by atoms with E-state index >= 15 is 0 Å². The van der Waals surface area contributed by atoms with E-state index in [4.69, 9.17) is 23.2 Å². The topological polar surface area (TPSA) is 69.7 Å². The van der Waals surface area contributed by atoms with E-state index in [2.05, 4.69) is 17.1 Å². The first-order valence-electron chi connectivity index (χ1n) is 10.9. The molecular formula is C24H21Cl2N3O3. The number of benzene rings is 2. The number of carbonyl (C=O) groups is 3. The number of anilines is 2. The molecule has 0 saturated carbocycles. The van der Waals surface area contributed by atoms with Crippen LogP contribution in [0.25, 0.3) is 0 Å². The Hall–Kier alpha value is -2.41. The molecule has 8 heteroatoms. The van der Waals surface area contributed by atoms with Gasteiger partial charge in [-0.3, -0.25) is 19.3 Å². The number of fused-ring (bicyclic) bond motifs is 7. The molecule has 0 bridgehead atoms. The first-order chi connectivity index (χ1) is 15.4. The number of aryl methyl sites for hydroxylation is 1. The number of nitrogens with one attached hydrogen (secondary N) is 1. The van der Waals surface area contributed by atoms with E-state index in [0.29, 0.717) is 22.3 Å². The average Bonchev–Trinajstić information content (AvgIpc) is 3.45. The molecule has 4 aliphatic heterocycles. The second-order valence-electron chi connectivity index (χ2n) is 9.00. The van der Waals surface area contributed by atoms with E-state index in [9.17, 15) is 14.4 Å². The number of hydrogen-bond acceptors (Lipinski definition) is 4. The second kappa shape index (κ2) is 6.80. The van der Waals surface area contributed by atoms with Crippen molar-refractivity contribution in [3.05, 3.63) is 57.6 Å². The monoisotopic (exact) mass is 469 g/mol. The highest BCUT2D eigenvalue weighted by atomic mass is 35.5. The van der Waals surface area contributed by atoms with Gasteiger partial charge in [0.05, 0.1) is 17.5 Å². The largest absolute Gasteiger partial charge is 0.324 e. The number of imide groups is 1. The van der Waals surface area contributed by atoms with Gasteiger partial charge in [0, 0.05) is 27.3 Å². The van der Waals surface area contributed by atoms with Crippen LogP contribution in [0.4, 0.5) is 11.4 Å². The number of rotatable bonds is 2. The first-order valence-corrected chi connectivity index (χ1v) is 11.7. The molecule has 0 aliphatic carbocycles. The summed E-state index contributed by atoms with van der Waals surface area (Å²) in [5.41, 5.74) is 1.81. The fraction of sp³-hybridized carbons (Fsp3) is 0.375. The molecule has 1 N–H and O–H groups in total. The van der Waals surface area contributed by atoms with Crippen LogP contribution in [-0.4, -0.2) is 35.2 Å². The minimum absolute atomic E-state index is 0.155. The second-order valence-corrected chi connectivity index (χ2v) is 9.87. The Morgan fingerprint density at radius 3 is 2.53 bits per heavy atom. The summed E-state index contributed by atoms with van der Waals surface area (Å²) in [6.07, 6.45) is 2.48. The first kappa shape index (κ1) is 20.2. The number of halogens is 2. The van der Waals surface area contributed by atoms with Gasteiger partial charge in [0.1, 0.15) is 5.54 Å². The predicted molar refractivity (Wildman–Crippen MR) is 122 cm³/mol. The molecule has 4 aliphatic rings. The van der Waals surface area contributed by atoms with Crippen molar-refractivity contribution in [1.82, 2.24) is 4.90 Å². The normalized spacial score (nSPS) is 30.8. The highest BCUT2D eigenvalue weighted by Crippen LogP contribution is 2.60. The Morgan fingerprint density at radius 2 is 1.81 bits per heavy atom. The maximum absolute atomic E-state index is 13.9. The molecule has 1 spiro atoms. The van der Waals surface area contributed by atoms with E-state index in [1.165, 1.54) is 4.90 Å². The number of hydrogen-bond donors (Lipinski definition) is 1. The fourth-order valence-electron chi connectivity index (χ4n) is 6.39. The van der Waals surface area contributed by atoms with Crippen molar-refractivity contribution in [3.8, 4) is 0 Å². The zero-order chi connectivity index (χ0) is 22.4. The zero-order valence-electron chi connectivity index (χ0n) is 17.4. The quantitative estimate of drug-likeness (QED) is 0.675. The van der Waals surface area contributed by atoms with Crippen LogP contribution in [0.5, 0.6) is 0 Å². The molecule has 6 nitrogen and oxygen atoms in total. The van der Waals surface area contributed by atoms with Crippen LogP contribution in [0.2, 0.25) is 10.0 Å². The van der Waals surface area contributed by atoms with Crippen LogP contribution in [0.3, 0.4) is 0 Å². The molecule has 32 heavy (non-hydrogen) atoms. The molecule has 4 atom stereocenters. The summed E-state index contributed by atoms with van der Waals surface area (Å²) in [7, 11) is 0. The van der Waals surface area contributed by atoms with Crippen LogP contribution in [0.15, 0.2) is 36.4 Å². The Morgan fingerprint density at radius 1 is 1.06 bits per heavy atom. The van der Waals surface area contributed by atoms with Gasteiger partial charge in [-0.15, -0.1) is 0 Å². The zero-order valence-corrected chi connectivity index (χ0v) is 18.9. The third kappa shape index (κ3) is 2.38. The van der Waals surface area contributed by atoms with E-state index < -0.39 is 17.4 Å².